The number of aryl methyl sites for hydroxylation is 1. The quantitative estimate of drug-likeness (QED) is 0.623. The second-order valence-electron chi connectivity index (χ2n) is 5.19. The third kappa shape index (κ3) is 4.11. The molecule has 0 bridgehead atoms. The van der Waals surface area contributed by atoms with Crippen LogP contribution in [0.15, 0.2) is 18.2 Å². The van der Waals surface area contributed by atoms with Crippen LogP contribution in [0.2, 0.25) is 0 Å². The van der Waals surface area contributed by atoms with E-state index in [1.807, 2.05) is 20.0 Å². The third-order valence-corrected chi connectivity index (χ3v) is 3.17. The van der Waals surface area contributed by atoms with Crippen LogP contribution < -0.4 is 5.32 Å². The Hall–Kier alpha value is -1.42. The van der Waals surface area contributed by atoms with Gasteiger partial charge in [-0.2, -0.15) is 0 Å². The van der Waals surface area contributed by atoms with Crippen molar-refractivity contribution in [3.8, 4) is 0 Å². The number of nitrogens with one attached hydrogen (secondary N) is 1. The summed E-state index contributed by atoms with van der Waals surface area (Å²) in [7, 11) is 1.97. The molecule has 0 heterocycles. The molecule has 1 atom stereocenters. The normalized spacial score (nSPS) is 12.7. The van der Waals surface area contributed by atoms with Crippen LogP contribution in [0.1, 0.15) is 31.4 Å². The number of rotatable bonds is 6. The molecule has 1 aromatic rings. The molecule has 0 aromatic heterocycles. The first kappa shape index (κ1) is 14.6. The highest BCUT2D eigenvalue weighted by atomic mass is 16.6. The molecule has 1 rings (SSSR count). The van der Waals surface area contributed by atoms with Crippen molar-refractivity contribution >= 4 is 5.69 Å². The number of hydrogen-bond acceptors (Lipinski definition) is 3. The minimum atomic E-state index is -0.347. The van der Waals surface area contributed by atoms with E-state index in [9.17, 15) is 10.1 Å². The summed E-state index contributed by atoms with van der Waals surface area (Å²) in [6.45, 7) is 6.34. The predicted molar refractivity (Wildman–Crippen MR) is 73.8 cm³/mol. The molecule has 4 heteroatoms. The van der Waals surface area contributed by atoms with Gasteiger partial charge in [0.2, 0.25) is 0 Å². The van der Waals surface area contributed by atoms with Crippen LogP contribution in [0.25, 0.3) is 0 Å². The largest absolute Gasteiger partial charge is 0.317 e. The van der Waals surface area contributed by atoms with Crippen LogP contribution in [0, 0.1) is 23.0 Å². The fraction of sp³-hybridized carbons (Fsp3) is 0.571. The van der Waals surface area contributed by atoms with E-state index in [-0.39, 0.29) is 10.6 Å². The minimum absolute atomic E-state index is 0.168. The Morgan fingerprint density at radius 3 is 2.50 bits per heavy atom. The number of nitrogens with zero attached hydrogens (tertiary/aromatic N) is 1. The summed E-state index contributed by atoms with van der Waals surface area (Å²) < 4.78 is 0. The summed E-state index contributed by atoms with van der Waals surface area (Å²) >= 11 is 0. The SMILES string of the molecule is CNC(Cc1ccc([N+](=O)[O-])cc1C)CC(C)C. The molecule has 0 saturated heterocycles. The van der Waals surface area contributed by atoms with Crippen LogP contribution in [-0.2, 0) is 6.42 Å². The van der Waals surface area contributed by atoms with Crippen LogP contribution in [-0.4, -0.2) is 18.0 Å². The van der Waals surface area contributed by atoms with Crippen molar-refractivity contribution in [2.24, 2.45) is 5.92 Å². The van der Waals surface area contributed by atoms with Crippen molar-refractivity contribution < 1.29 is 4.92 Å². The van der Waals surface area contributed by atoms with E-state index in [2.05, 4.69) is 19.2 Å². The van der Waals surface area contributed by atoms with Crippen molar-refractivity contribution in [3.05, 3.63) is 39.4 Å². The Morgan fingerprint density at radius 2 is 2.06 bits per heavy atom. The van der Waals surface area contributed by atoms with Crippen molar-refractivity contribution in [2.75, 3.05) is 7.05 Å². The maximum Gasteiger partial charge on any atom is 0.269 e. The average Bonchev–Trinajstić information content (AvgIpc) is 2.29. The first-order chi connectivity index (χ1) is 8.43. The van der Waals surface area contributed by atoms with Gasteiger partial charge in [0.05, 0.1) is 4.92 Å². The van der Waals surface area contributed by atoms with Gasteiger partial charge in [-0.1, -0.05) is 19.9 Å². The maximum absolute atomic E-state index is 10.7. The highest BCUT2D eigenvalue weighted by Crippen LogP contribution is 2.19. The molecule has 0 aliphatic rings. The summed E-state index contributed by atoms with van der Waals surface area (Å²) in [6.07, 6.45) is 2.02. The summed E-state index contributed by atoms with van der Waals surface area (Å²) in [5, 5.41) is 14.0. The molecule has 18 heavy (non-hydrogen) atoms. The van der Waals surface area contributed by atoms with Crippen molar-refractivity contribution in [3.63, 3.8) is 0 Å². The zero-order valence-corrected chi connectivity index (χ0v) is 11.6. The van der Waals surface area contributed by atoms with Crippen molar-refractivity contribution in [1.82, 2.24) is 5.32 Å². The molecule has 1 unspecified atom stereocenters. The van der Waals surface area contributed by atoms with Gasteiger partial charge in [0, 0.05) is 18.2 Å². The van der Waals surface area contributed by atoms with E-state index in [0.29, 0.717) is 12.0 Å². The van der Waals surface area contributed by atoms with Crippen LogP contribution in [0.5, 0.6) is 0 Å². The van der Waals surface area contributed by atoms with E-state index in [4.69, 9.17) is 0 Å². The van der Waals surface area contributed by atoms with Crippen LogP contribution in [0.3, 0.4) is 0 Å². The maximum atomic E-state index is 10.7. The van der Waals surface area contributed by atoms with Gasteiger partial charge < -0.3 is 5.32 Å². The molecule has 0 fully saturated rings. The number of nitro benzene ring substituents is 1. The second kappa shape index (κ2) is 6.50. The van der Waals surface area contributed by atoms with Crippen LogP contribution >= 0.6 is 0 Å². The Kier molecular flexibility index (Phi) is 5.28. The molecule has 0 aliphatic heterocycles. The summed E-state index contributed by atoms with van der Waals surface area (Å²) in [5.41, 5.74) is 2.34. The van der Waals surface area contributed by atoms with Gasteiger partial charge >= 0.3 is 0 Å². The Morgan fingerprint density at radius 1 is 1.39 bits per heavy atom. The fourth-order valence-corrected chi connectivity index (χ4v) is 2.16. The lowest BCUT2D eigenvalue weighted by molar-refractivity contribution is -0.384. The number of nitro groups is 1. The van der Waals surface area contributed by atoms with E-state index in [0.717, 1.165) is 18.4 Å². The molecular weight excluding hydrogens is 228 g/mol. The van der Waals surface area contributed by atoms with Gasteiger partial charge in [-0.15, -0.1) is 0 Å². The van der Waals surface area contributed by atoms with Gasteiger partial charge in [-0.05, 0) is 43.9 Å². The van der Waals surface area contributed by atoms with Crippen molar-refractivity contribution in [1.29, 1.82) is 0 Å². The molecule has 0 spiro atoms. The lowest BCUT2D eigenvalue weighted by Crippen LogP contribution is -2.29. The van der Waals surface area contributed by atoms with Gasteiger partial charge in [-0.3, -0.25) is 10.1 Å². The molecule has 1 N–H and O–H groups in total. The van der Waals surface area contributed by atoms with Crippen molar-refractivity contribution in [2.45, 2.75) is 39.7 Å². The standard InChI is InChI=1S/C14H22N2O2/c1-10(2)7-13(15-4)9-12-5-6-14(16(17)18)8-11(12)3/h5-6,8,10,13,15H,7,9H2,1-4H3. The first-order valence-electron chi connectivity index (χ1n) is 6.35. The molecule has 0 radical (unpaired) electrons. The molecule has 0 saturated carbocycles. The third-order valence-electron chi connectivity index (χ3n) is 3.17. The predicted octanol–water partition coefficient (Wildman–Crippen LogP) is 3.08. The summed E-state index contributed by atoms with van der Waals surface area (Å²) in [6, 6.07) is 5.53. The van der Waals surface area contributed by atoms with Crippen LogP contribution in [0.4, 0.5) is 5.69 Å². The summed E-state index contributed by atoms with van der Waals surface area (Å²) in [4.78, 5) is 10.3. The fourth-order valence-electron chi connectivity index (χ4n) is 2.16. The Bertz CT molecular complexity index is 416. The molecule has 0 aliphatic carbocycles. The highest BCUT2D eigenvalue weighted by Gasteiger charge is 2.13. The number of benzene rings is 1. The molecule has 1 aromatic carbocycles. The highest BCUT2D eigenvalue weighted by molar-refractivity contribution is 5.39. The number of non-ortho nitro benzene ring substituents is 1. The van der Waals surface area contributed by atoms with Gasteiger partial charge in [0.25, 0.3) is 5.69 Å². The van der Waals surface area contributed by atoms with E-state index < -0.39 is 0 Å². The summed E-state index contributed by atoms with van der Waals surface area (Å²) in [5.74, 6) is 0.640. The minimum Gasteiger partial charge on any atom is -0.317 e. The zero-order chi connectivity index (χ0) is 13.7. The van der Waals surface area contributed by atoms with E-state index >= 15 is 0 Å². The Balaban J connectivity index is 2.80. The smallest absolute Gasteiger partial charge is 0.269 e. The molecule has 0 amide bonds. The topological polar surface area (TPSA) is 55.2 Å². The number of hydrogen-bond donors (Lipinski definition) is 1. The van der Waals surface area contributed by atoms with E-state index in [1.165, 1.54) is 5.56 Å². The lowest BCUT2D eigenvalue weighted by Gasteiger charge is -2.19. The second-order valence-corrected chi connectivity index (χ2v) is 5.19. The molecular formula is C14H22N2O2. The number of likely N-dealkylation sites (N-methyl/N-ethyl adjacent to an activating group) is 1. The van der Waals surface area contributed by atoms with E-state index in [1.54, 1.807) is 12.1 Å². The monoisotopic (exact) mass is 250 g/mol. The lowest BCUT2D eigenvalue weighted by atomic mass is 9.95. The van der Waals surface area contributed by atoms with Gasteiger partial charge in [-0.25, -0.2) is 0 Å². The first-order valence-corrected chi connectivity index (χ1v) is 6.35. The molecule has 100 valence electrons. The van der Waals surface area contributed by atoms with Gasteiger partial charge in [0.1, 0.15) is 0 Å². The zero-order valence-electron chi connectivity index (χ0n) is 11.6. The van der Waals surface area contributed by atoms with Gasteiger partial charge in [0.15, 0.2) is 0 Å². The molecule has 4 nitrogen and oxygen atoms in total. The Labute approximate surface area is 109 Å². The average molecular weight is 250 g/mol.